The van der Waals surface area contributed by atoms with Gasteiger partial charge >= 0.3 is 0 Å². The lowest BCUT2D eigenvalue weighted by molar-refractivity contribution is -0.140. The van der Waals surface area contributed by atoms with Crippen LogP contribution >= 0.6 is 11.6 Å². The summed E-state index contributed by atoms with van der Waals surface area (Å²) in [5.41, 5.74) is 2.48. The fourth-order valence-corrected chi connectivity index (χ4v) is 3.94. The van der Waals surface area contributed by atoms with Gasteiger partial charge in [-0.1, -0.05) is 62.7 Å². The van der Waals surface area contributed by atoms with Crippen molar-refractivity contribution in [2.24, 2.45) is 5.41 Å². The smallest absolute Gasteiger partial charge is 0.272 e. The number of amides is 2. The fraction of sp³-hybridized carbons (Fsp3) is 0.320. The van der Waals surface area contributed by atoms with E-state index in [0.29, 0.717) is 42.6 Å². The molecule has 1 aromatic heterocycles. The second kappa shape index (κ2) is 8.79. The Bertz CT molecular complexity index is 1110. The van der Waals surface area contributed by atoms with Crippen molar-refractivity contribution in [3.05, 3.63) is 71.4 Å². The summed E-state index contributed by atoms with van der Waals surface area (Å²) in [5.74, 6) is 0.0216. The maximum Gasteiger partial charge on any atom is 0.272 e. The largest absolute Gasteiger partial charge is 0.339 e. The molecule has 7 heteroatoms. The van der Waals surface area contributed by atoms with Crippen molar-refractivity contribution in [3.63, 3.8) is 0 Å². The predicted octanol–water partition coefficient (Wildman–Crippen LogP) is 4.52. The number of nitrogens with zero attached hydrogens (tertiary/aromatic N) is 4. The maximum atomic E-state index is 13.5. The average molecular weight is 451 g/mol. The highest BCUT2D eigenvalue weighted by Crippen LogP contribution is 2.25. The summed E-state index contributed by atoms with van der Waals surface area (Å²) in [7, 11) is 0. The van der Waals surface area contributed by atoms with E-state index in [0.717, 1.165) is 11.3 Å². The molecule has 3 aromatic rings. The van der Waals surface area contributed by atoms with Crippen molar-refractivity contribution in [2.75, 3.05) is 26.2 Å². The van der Waals surface area contributed by atoms with Gasteiger partial charge in [0.25, 0.3) is 5.91 Å². The van der Waals surface area contributed by atoms with Crippen molar-refractivity contribution in [2.45, 2.75) is 20.8 Å². The van der Waals surface area contributed by atoms with E-state index in [1.807, 2.05) is 86.3 Å². The van der Waals surface area contributed by atoms with Gasteiger partial charge in [0, 0.05) is 42.2 Å². The zero-order valence-corrected chi connectivity index (χ0v) is 19.3. The van der Waals surface area contributed by atoms with Crippen molar-refractivity contribution in [3.8, 4) is 16.9 Å². The van der Waals surface area contributed by atoms with Gasteiger partial charge < -0.3 is 9.80 Å². The number of halogens is 1. The van der Waals surface area contributed by atoms with E-state index in [4.69, 9.17) is 16.7 Å². The molecule has 2 aromatic carbocycles. The van der Waals surface area contributed by atoms with E-state index in [2.05, 4.69) is 0 Å². The Morgan fingerprint density at radius 2 is 1.47 bits per heavy atom. The number of piperazine rings is 1. The molecule has 4 rings (SSSR count). The molecule has 0 radical (unpaired) electrons. The maximum absolute atomic E-state index is 13.5. The molecule has 32 heavy (non-hydrogen) atoms. The average Bonchev–Trinajstić information content (AvgIpc) is 3.24. The van der Waals surface area contributed by atoms with Crippen LogP contribution in [0.2, 0.25) is 5.02 Å². The van der Waals surface area contributed by atoms with Gasteiger partial charge in [-0.25, -0.2) is 4.68 Å². The molecule has 0 spiro atoms. The zero-order valence-electron chi connectivity index (χ0n) is 18.6. The third kappa shape index (κ3) is 4.55. The van der Waals surface area contributed by atoms with Crippen molar-refractivity contribution in [1.82, 2.24) is 19.6 Å². The molecule has 0 bridgehead atoms. The fourth-order valence-electron chi connectivity index (χ4n) is 3.81. The van der Waals surface area contributed by atoms with Gasteiger partial charge in [-0.2, -0.15) is 5.10 Å². The minimum absolute atomic E-state index is 0.0931. The van der Waals surface area contributed by atoms with E-state index < -0.39 is 5.41 Å². The molecule has 166 valence electrons. The second-order valence-electron chi connectivity index (χ2n) is 9.00. The molecule has 1 saturated heterocycles. The normalized spacial score (nSPS) is 14.5. The standard InChI is InChI=1S/C25H27ClN4O2/c1-25(2,3)24(32)29-15-13-28(14-16-29)23(31)22-17-21(18-9-11-19(26)12-10-18)27-30(22)20-7-5-4-6-8-20/h4-12,17H,13-16H2,1-3H3. The van der Waals surface area contributed by atoms with Gasteiger partial charge in [-0.15, -0.1) is 0 Å². The molecule has 1 fully saturated rings. The summed E-state index contributed by atoms with van der Waals surface area (Å²) >= 11 is 6.03. The lowest BCUT2D eigenvalue weighted by Gasteiger charge is -2.37. The summed E-state index contributed by atoms with van der Waals surface area (Å²) < 4.78 is 1.69. The SMILES string of the molecule is CC(C)(C)C(=O)N1CCN(C(=O)c2cc(-c3ccc(Cl)cc3)nn2-c2ccccc2)CC1. The molecule has 6 nitrogen and oxygen atoms in total. The van der Waals surface area contributed by atoms with Gasteiger partial charge in [0.2, 0.25) is 5.91 Å². The Balaban J connectivity index is 1.61. The predicted molar refractivity (Wildman–Crippen MR) is 126 cm³/mol. The van der Waals surface area contributed by atoms with Crippen LogP contribution in [0.4, 0.5) is 0 Å². The Hall–Kier alpha value is -3.12. The van der Waals surface area contributed by atoms with Crippen LogP contribution in [0.5, 0.6) is 0 Å². The summed E-state index contributed by atoms with van der Waals surface area (Å²) in [4.78, 5) is 29.7. The Kier molecular flexibility index (Phi) is 6.07. The van der Waals surface area contributed by atoms with Crippen LogP contribution in [-0.2, 0) is 4.79 Å². The molecule has 0 atom stereocenters. The number of hydrogen-bond donors (Lipinski definition) is 0. The first-order valence-electron chi connectivity index (χ1n) is 10.7. The first kappa shape index (κ1) is 22.1. The number of aromatic nitrogens is 2. The van der Waals surface area contributed by atoms with Gasteiger partial charge in [0.05, 0.1) is 11.4 Å². The molecule has 2 amide bonds. The van der Waals surface area contributed by atoms with Gasteiger partial charge in [-0.3, -0.25) is 9.59 Å². The Morgan fingerprint density at radius 3 is 2.06 bits per heavy atom. The van der Waals surface area contributed by atoms with Gasteiger partial charge in [-0.05, 0) is 30.3 Å². The first-order chi connectivity index (χ1) is 15.2. The molecule has 0 saturated carbocycles. The van der Waals surface area contributed by atoms with Crippen molar-refractivity contribution < 1.29 is 9.59 Å². The molecular weight excluding hydrogens is 424 g/mol. The number of rotatable bonds is 3. The summed E-state index contributed by atoms with van der Waals surface area (Å²) in [6, 6.07) is 18.9. The minimum atomic E-state index is -0.425. The minimum Gasteiger partial charge on any atom is -0.339 e. The molecule has 0 unspecified atom stereocenters. The van der Waals surface area contributed by atoms with Crippen molar-refractivity contribution in [1.29, 1.82) is 0 Å². The number of carbonyl (C=O) groups excluding carboxylic acids is 2. The van der Waals surface area contributed by atoms with E-state index in [1.54, 1.807) is 9.58 Å². The molecule has 0 aliphatic carbocycles. The highest BCUT2D eigenvalue weighted by atomic mass is 35.5. The van der Waals surface area contributed by atoms with Crippen LogP contribution in [0.25, 0.3) is 16.9 Å². The summed E-state index contributed by atoms with van der Waals surface area (Å²) in [6.45, 7) is 7.82. The van der Waals surface area contributed by atoms with Crippen molar-refractivity contribution >= 4 is 23.4 Å². The number of carbonyl (C=O) groups is 2. The molecule has 2 heterocycles. The molecule has 1 aliphatic heterocycles. The summed E-state index contributed by atoms with van der Waals surface area (Å²) in [5, 5.41) is 5.38. The monoisotopic (exact) mass is 450 g/mol. The van der Waals surface area contributed by atoms with Gasteiger partial charge in [0.1, 0.15) is 5.69 Å². The highest BCUT2D eigenvalue weighted by Gasteiger charge is 2.32. The third-order valence-electron chi connectivity index (χ3n) is 5.56. The molecular formula is C25H27ClN4O2. The number of benzene rings is 2. The van der Waals surface area contributed by atoms with Crippen LogP contribution in [0.1, 0.15) is 31.3 Å². The van der Waals surface area contributed by atoms with Crippen LogP contribution in [0, 0.1) is 5.41 Å². The lowest BCUT2D eigenvalue weighted by Crippen LogP contribution is -2.53. The van der Waals surface area contributed by atoms with E-state index in [-0.39, 0.29) is 11.8 Å². The van der Waals surface area contributed by atoms with Crippen LogP contribution in [0.3, 0.4) is 0 Å². The van der Waals surface area contributed by atoms with Gasteiger partial charge in [0.15, 0.2) is 0 Å². The van der Waals surface area contributed by atoms with Crippen LogP contribution < -0.4 is 0 Å². The quantitative estimate of drug-likeness (QED) is 0.589. The number of para-hydroxylation sites is 1. The van der Waals surface area contributed by atoms with E-state index in [9.17, 15) is 9.59 Å². The van der Waals surface area contributed by atoms with Crippen LogP contribution in [0.15, 0.2) is 60.7 Å². The molecule has 1 aliphatic rings. The zero-order chi connectivity index (χ0) is 22.9. The van der Waals surface area contributed by atoms with E-state index >= 15 is 0 Å². The highest BCUT2D eigenvalue weighted by molar-refractivity contribution is 6.30. The lowest BCUT2D eigenvalue weighted by atomic mass is 9.94. The number of hydrogen-bond acceptors (Lipinski definition) is 3. The topological polar surface area (TPSA) is 58.4 Å². The first-order valence-corrected chi connectivity index (χ1v) is 11.1. The summed E-state index contributed by atoms with van der Waals surface area (Å²) in [6.07, 6.45) is 0. The Morgan fingerprint density at radius 1 is 0.875 bits per heavy atom. The second-order valence-corrected chi connectivity index (χ2v) is 9.44. The molecule has 0 N–H and O–H groups in total. The van der Waals surface area contributed by atoms with Crippen LogP contribution in [-0.4, -0.2) is 57.6 Å². The van der Waals surface area contributed by atoms with E-state index in [1.165, 1.54) is 0 Å². The third-order valence-corrected chi connectivity index (χ3v) is 5.82. The Labute approximate surface area is 193 Å².